The fraction of sp³-hybridized carbons (Fsp3) is 0.185. The zero-order valence-electron chi connectivity index (χ0n) is 17.3. The van der Waals surface area contributed by atoms with Crippen LogP contribution in [0.4, 0.5) is 0 Å². The molecule has 144 valence electrons. The minimum absolute atomic E-state index is 0.890. The summed E-state index contributed by atoms with van der Waals surface area (Å²) in [6, 6.07) is 22.0. The normalized spacial score (nSPS) is 12.0. The highest BCUT2D eigenvalue weighted by Gasteiger charge is 2.25. The van der Waals surface area contributed by atoms with E-state index < -0.39 is 0 Å². The first-order valence-corrected chi connectivity index (χ1v) is 9.97. The van der Waals surface area contributed by atoms with Crippen LogP contribution in [0.15, 0.2) is 60.7 Å². The first-order valence-electron chi connectivity index (χ1n) is 9.97. The van der Waals surface area contributed by atoms with Gasteiger partial charge in [-0.15, -0.1) is 0 Å². The number of rotatable bonds is 3. The Kier molecular flexibility index (Phi) is 4.09. The third-order valence-electron chi connectivity index (χ3n) is 6.19. The highest BCUT2D eigenvalue weighted by Crippen LogP contribution is 2.48. The Morgan fingerprint density at radius 1 is 0.655 bits per heavy atom. The number of methoxy groups -OCH3 is 2. The molecule has 4 aromatic rings. The molecule has 4 aromatic carbocycles. The Hall–Kier alpha value is -3.26. The van der Waals surface area contributed by atoms with E-state index in [1.54, 1.807) is 14.2 Å². The molecule has 1 aliphatic rings. The Balaban J connectivity index is 1.86. The lowest BCUT2D eigenvalue weighted by atomic mass is 9.88. The summed E-state index contributed by atoms with van der Waals surface area (Å²) in [6.07, 6.45) is 0.923. The van der Waals surface area contributed by atoms with Crippen LogP contribution in [0, 0.1) is 13.8 Å². The van der Waals surface area contributed by atoms with Crippen LogP contribution < -0.4 is 9.47 Å². The lowest BCUT2D eigenvalue weighted by molar-refractivity contribution is 0.414. The first kappa shape index (κ1) is 17.8. The van der Waals surface area contributed by atoms with Crippen LogP contribution >= 0.6 is 0 Å². The summed E-state index contributed by atoms with van der Waals surface area (Å²) in [7, 11) is 3.45. The van der Waals surface area contributed by atoms with Crippen molar-refractivity contribution in [1.29, 1.82) is 0 Å². The summed E-state index contributed by atoms with van der Waals surface area (Å²) in [6.45, 7) is 4.35. The van der Waals surface area contributed by atoms with Gasteiger partial charge in [0.25, 0.3) is 0 Å². The van der Waals surface area contributed by atoms with Gasteiger partial charge in [-0.3, -0.25) is 0 Å². The molecule has 0 N–H and O–H groups in total. The average Bonchev–Trinajstić information content (AvgIpc) is 3.10. The summed E-state index contributed by atoms with van der Waals surface area (Å²) < 4.78 is 11.0. The van der Waals surface area contributed by atoms with Crippen LogP contribution in [0.5, 0.6) is 11.5 Å². The zero-order chi connectivity index (χ0) is 20.1. The molecule has 0 heterocycles. The Morgan fingerprint density at radius 2 is 1.41 bits per heavy atom. The molecule has 0 saturated carbocycles. The van der Waals surface area contributed by atoms with E-state index in [2.05, 4.69) is 74.5 Å². The summed E-state index contributed by atoms with van der Waals surface area (Å²) in [5, 5.41) is 2.48. The van der Waals surface area contributed by atoms with Crippen molar-refractivity contribution in [1.82, 2.24) is 0 Å². The van der Waals surface area contributed by atoms with Crippen LogP contribution in [0.1, 0.15) is 22.3 Å². The summed E-state index contributed by atoms with van der Waals surface area (Å²) >= 11 is 0. The van der Waals surface area contributed by atoms with Gasteiger partial charge in [0.15, 0.2) is 0 Å². The van der Waals surface area contributed by atoms with Crippen molar-refractivity contribution in [3.8, 4) is 33.8 Å². The predicted molar refractivity (Wildman–Crippen MR) is 120 cm³/mol. The number of hydrogen-bond acceptors (Lipinski definition) is 2. The molecule has 29 heavy (non-hydrogen) atoms. The second kappa shape index (κ2) is 6.66. The van der Waals surface area contributed by atoms with Gasteiger partial charge in [0, 0.05) is 0 Å². The van der Waals surface area contributed by atoms with Crippen LogP contribution in [0.25, 0.3) is 33.0 Å². The highest BCUT2D eigenvalue weighted by molar-refractivity contribution is 6.07. The molecule has 0 amide bonds. The second-order valence-corrected chi connectivity index (χ2v) is 7.87. The SMILES string of the molecule is COc1ccc2c(c1)Cc1cc3cc(OC)ccc3c(-c3ccc(C)c(C)c3)c1-2. The van der Waals surface area contributed by atoms with Gasteiger partial charge >= 0.3 is 0 Å². The standard InChI is InChI=1S/C27H24O2/c1-16-5-6-18(11-17(16)2)26-24-9-7-22(28-3)14-19(24)12-21-13-20-15-23(29-4)8-10-25(20)27(21)26/h5-12,14-15H,13H2,1-4H3. The predicted octanol–water partition coefficient (Wildman–Crippen LogP) is 6.71. The Bertz CT molecular complexity index is 1270. The summed E-state index contributed by atoms with van der Waals surface area (Å²) in [5.41, 5.74) is 10.6. The van der Waals surface area contributed by atoms with Gasteiger partial charge < -0.3 is 9.47 Å². The molecule has 0 aromatic heterocycles. The lowest BCUT2D eigenvalue weighted by Gasteiger charge is -2.16. The maximum absolute atomic E-state index is 5.50. The van der Waals surface area contributed by atoms with Crippen LogP contribution in [-0.2, 0) is 6.42 Å². The first-order chi connectivity index (χ1) is 14.1. The topological polar surface area (TPSA) is 18.5 Å². The van der Waals surface area contributed by atoms with E-state index in [0.29, 0.717) is 0 Å². The van der Waals surface area contributed by atoms with Gasteiger partial charge in [0.1, 0.15) is 11.5 Å². The van der Waals surface area contributed by atoms with Gasteiger partial charge in [-0.1, -0.05) is 36.4 Å². The van der Waals surface area contributed by atoms with Crippen molar-refractivity contribution >= 4 is 10.8 Å². The lowest BCUT2D eigenvalue weighted by Crippen LogP contribution is -1.92. The van der Waals surface area contributed by atoms with Crippen molar-refractivity contribution < 1.29 is 9.47 Å². The molecule has 0 saturated heterocycles. The fourth-order valence-electron chi connectivity index (χ4n) is 4.51. The van der Waals surface area contributed by atoms with E-state index in [1.807, 2.05) is 0 Å². The van der Waals surface area contributed by atoms with Gasteiger partial charge in [-0.25, -0.2) is 0 Å². The number of ether oxygens (including phenoxy) is 2. The number of benzene rings is 4. The summed E-state index contributed by atoms with van der Waals surface area (Å²) in [5.74, 6) is 1.80. The molecule has 0 unspecified atom stereocenters. The Morgan fingerprint density at radius 3 is 2.17 bits per heavy atom. The minimum atomic E-state index is 0.890. The van der Waals surface area contributed by atoms with E-state index in [0.717, 1.165) is 17.9 Å². The molecule has 2 heteroatoms. The molecule has 0 fully saturated rings. The zero-order valence-corrected chi connectivity index (χ0v) is 17.3. The minimum Gasteiger partial charge on any atom is -0.497 e. The molecule has 5 rings (SSSR count). The van der Waals surface area contributed by atoms with Crippen molar-refractivity contribution in [2.75, 3.05) is 14.2 Å². The largest absolute Gasteiger partial charge is 0.497 e. The summed E-state index contributed by atoms with van der Waals surface area (Å²) in [4.78, 5) is 0. The molecular weight excluding hydrogens is 356 g/mol. The third kappa shape index (κ3) is 2.79. The smallest absolute Gasteiger partial charge is 0.119 e. The number of hydrogen-bond donors (Lipinski definition) is 0. The van der Waals surface area contributed by atoms with E-state index in [1.165, 1.54) is 55.3 Å². The molecule has 2 nitrogen and oxygen atoms in total. The second-order valence-electron chi connectivity index (χ2n) is 7.87. The van der Waals surface area contributed by atoms with E-state index >= 15 is 0 Å². The van der Waals surface area contributed by atoms with Crippen molar-refractivity contribution in [3.05, 3.63) is 82.9 Å². The van der Waals surface area contributed by atoms with Gasteiger partial charge in [-0.05, 0) is 99.8 Å². The molecule has 0 bridgehead atoms. The Labute approximate surface area is 171 Å². The van der Waals surface area contributed by atoms with E-state index in [9.17, 15) is 0 Å². The third-order valence-corrected chi connectivity index (χ3v) is 6.19. The average molecular weight is 380 g/mol. The fourth-order valence-corrected chi connectivity index (χ4v) is 4.51. The van der Waals surface area contributed by atoms with Crippen molar-refractivity contribution in [3.63, 3.8) is 0 Å². The molecule has 0 aliphatic heterocycles. The van der Waals surface area contributed by atoms with Crippen molar-refractivity contribution in [2.24, 2.45) is 0 Å². The van der Waals surface area contributed by atoms with E-state index in [4.69, 9.17) is 9.47 Å². The maximum atomic E-state index is 5.50. The maximum Gasteiger partial charge on any atom is 0.119 e. The van der Waals surface area contributed by atoms with Gasteiger partial charge in [-0.2, -0.15) is 0 Å². The molecular formula is C27H24O2. The molecule has 0 radical (unpaired) electrons. The van der Waals surface area contributed by atoms with Crippen LogP contribution in [-0.4, -0.2) is 14.2 Å². The van der Waals surface area contributed by atoms with Crippen molar-refractivity contribution in [2.45, 2.75) is 20.3 Å². The van der Waals surface area contributed by atoms with Crippen LogP contribution in [0.3, 0.4) is 0 Å². The monoisotopic (exact) mass is 380 g/mol. The molecule has 0 spiro atoms. The number of fused-ring (bicyclic) bond motifs is 4. The number of aryl methyl sites for hydroxylation is 2. The van der Waals surface area contributed by atoms with Gasteiger partial charge in [0.05, 0.1) is 14.2 Å². The quantitative estimate of drug-likeness (QED) is 0.346. The highest BCUT2D eigenvalue weighted by atomic mass is 16.5. The van der Waals surface area contributed by atoms with Gasteiger partial charge in [0.2, 0.25) is 0 Å². The van der Waals surface area contributed by atoms with E-state index in [-0.39, 0.29) is 0 Å². The molecule has 1 aliphatic carbocycles. The van der Waals surface area contributed by atoms with Crippen LogP contribution in [0.2, 0.25) is 0 Å². The molecule has 0 atom stereocenters.